The Morgan fingerprint density at radius 1 is 0.963 bits per heavy atom. The van der Waals surface area contributed by atoms with Crippen LogP contribution in [-0.2, 0) is 0 Å². The van der Waals surface area contributed by atoms with Gasteiger partial charge in [0, 0.05) is 35.1 Å². The molecule has 6 heteroatoms. The van der Waals surface area contributed by atoms with Crippen molar-refractivity contribution in [2.75, 3.05) is 0 Å². The average molecular weight is 355 g/mol. The zero-order valence-electron chi connectivity index (χ0n) is 14.0. The number of nitrogens with zero attached hydrogens (tertiary/aromatic N) is 3. The quantitative estimate of drug-likeness (QED) is 0.486. The average Bonchev–Trinajstić information content (AvgIpc) is 3.13. The van der Waals surface area contributed by atoms with Gasteiger partial charge < -0.3 is 9.52 Å². The van der Waals surface area contributed by atoms with Crippen molar-refractivity contribution in [2.24, 2.45) is 0 Å². The van der Waals surface area contributed by atoms with Crippen LogP contribution in [0.3, 0.4) is 0 Å². The highest BCUT2D eigenvalue weighted by molar-refractivity contribution is 5.96. The number of imidazole rings is 1. The van der Waals surface area contributed by atoms with E-state index in [0.29, 0.717) is 22.3 Å². The first kappa shape index (κ1) is 15.3. The first-order valence-electron chi connectivity index (χ1n) is 8.36. The number of rotatable bonds is 2. The van der Waals surface area contributed by atoms with Gasteiger partial charge in [-0.15, -0.1) is 0 Å². The zero-order valence-corrected chi connectivity index (χ0v) is 14.0. The van der Waals surface area contributed by atoms with Crippen molar-refractivity contribution in [1.29, 1.82) is 0 Å². The Morgan fingerprint density at radius 2 is 1.74 bits per heavy atom. The summed E-state index contributed by atoms with van der Waals surface area (Å²) in [4.78, 5) is 20.7. The van der Waals surface area contributed by atoms with E-state index < -0.39 is 11.4 Å². The summed E-state index contributed by atoms with van der Waals surface area (Å²) in [6.07, 6.45) is 5.49. The topological polar surface area (TPSA) is 80.6 Å². The predicted octanol–water partition coefficient (Wildman–Crippen LogP) is 3.88. The van der Waals surface area contributed by atoms with Crippen LogP contribution in [0, 0.1) is 0 Å². The van der Waals surface area contributed by atoms with E-state index in [1.165, 1.54) is 0 Å². The van der Waals surface area contributed by atoms with Crippen LogP contribution in [0.25, 0.3) is 39.1 Å². The van der Waals surface area contributed by atoms with Crippen LogP contribution in [0.4, 0.5) is 0 Å². The van der Waals surface area contributed by atoms with Gasteiger partial charge in [0.2, 0.25) is 11.5 Å². The number of fused-ring (bicyclic) bond motifs is 2. The molecule has 0 amide bonds. The number of aromatic nitrogens is 3. The Kier molecular flexibility index (Phi) is 3.30. The van der Waals surface area contributed by atoms with Gasteiger partial charge in [0.25, 0.3) is 0 Å². The number of para-hydroxylation sites is 1. The molecule has 0 fully saturated rings. The van der Waals surface area contributed by atoms with E-state index in [4.69, 9.17) is 4.42 Å². The molecule has 0 unspecified atom stereocenters. The maximum atomic E-state index is 12.0. The van der Waals surface area contributed by atoms with Crippen molar-refractivity contribution in [3.8, 4) is 28.1 Å². The molecule has 0 bridgehead atoms. The maximum absolute atomic E-state index is 12.0. The fourth-order valence-electron chi connectivity index (χ4n) is 3.21. The molecule has 0 aliphatic carbocycles. The molecule has 5 rings (SSSR count). The number of benzene rings is 2. The minimum Gasteiger partial charge on any atom is -0.501 e. The highest BCUT2D eigenvalue weighted by atomic mass is 16.4. The van der Waals surface area contributed by atoms with E-state index >= 15 is 0 Å². The molecule has 0 atom stereocenters. The van der Waals surface area contributed by atoms with Gasteiger partial charge in [-0.25, -0.2) is 14.8 Å². The van der Waals surface area contributed by atoms with Gasteiger partial charge in [-0.1, -0.05) is 42.5 Å². The van der Waals surface area contributed by atoms with Crippen LogP contribution in [0.15, 0.2) is 82.4 Å². The lowest BCUT2D eigenvalue weighted by molar-refractivity contribution is 0.430. The summed E-state index contributed by atoms with van der Waals surface area (Å²) >= 11 is 0. The normalized spacial score (nSPS) is 11.3. The largest absolute Gasteiger partial charge is 0.501 e. The van der Waals surface area contributed by atoms with Gasteiger partial charge in [-0.3, -0.25) is 4.40 Å². The number of aromatic hydroxyl groups is 1. The van der Waals surface area contributed by atoms with Crippen molar-refractivity contribution in [3.05, 3.63) is 83.6 Å². The Bertz CT molecular complexity index is 1320. The smallest absolute Gasteiger partial charge is 0.379 e. The van der Waals surface area contributed by atoms with Crippen LogP contribution in [-0.4, -0.2) is 19.5 Å². The first-order chi connectivity index (χ1) is 13.2. The van der Waals surface area contributed by atoms with Gasteiger partial charge in [-0.05, 0) is 17.7 Å². The van der Waals surface area contributed by atoms with Crippen LogP contribution in [0.1, 0.15) is 0 Å². The third-order valence-corrected chi connectivity index (χ3v) is 4.49. The van der Waals surface area contributed by atoms with Gasteiger partial charge in [0.1, 0.15) is 5.58 Å². The first-order valence-corrected chi connectivity index (χ1v) is 8.36. The molecule has 27 heavy (non-hydrogen) atoms. The SMILES string of the molecule is O=c1oc2ccccc2c(-c2ccc(-c3cn4cccnc4n3)cc2)c1O. The monoisotopic (exact) mass is 355 g/mol. The third-order valence-electron chi connectivity index (χ3n) is 4.49. The molecule has 5 aromatic rings. The molecule has 3 aromatic heterocycles. The Morgan fingerprint density at radius 3 is 2.56 bits per heavy atom. The van der Waals surface area contributed by atoms with Gasteiger partial charge >= 0.3 is 5.63 Å². The van der Waals surface area contributed by atoms with E-state index in [0.717, 1.165) is 16.8 Å². The molecular weight excluding hydrogens is 342 g/mol. The fraction of sp³-hybridized carbons (Fsp3) is 0. The Hall–Kier alpha value is -3.93. The zero-order chi connectivity index (χ0) is 18.4. The van der Waals surface area contributed by atoms with Crippen molar-refractivity contribution in [2.45, 2.75) is 0 Å². The summed E-state index contributed by atoms with van der Waals surface area (Å²) in [5.41, 5.74) is 2.58. The van der Waals surface area contributed by atoms with Gasteiger partial charge in [-0.2, -0.15) is 0 Å². The summed E-state index contributed by atoms with van der Waals surface area (Å²) < 4.78 is 7.01. The molecule has 0 radical (unpaired) electrons. The standard InChI is InChI=1S/C21H13N3O3/c25-19-18(15-4-1-2-5-17(15)27-20(19)26)14-8-6-13(7-9-14)16-12-24-11-3-10-22-21(24)23-16/h1-12,25H. The van der Waals surface area contributed by atoms with E-state index in [1.54, 1.807) is 18.3 Å². The second-order valence-electron chi connectivity index (χ2n) is 6.14. The molecule has 3 heterocycles. The molecule has 130 valence electrons. The fourth-order valence-corrected chi connectivity index (χ4v) is 3.21. The van der Waals surface area contributed by atoms with Crippen molar-refractivity contribution >= 4 is 16.7 Å². The van der Waals surface area contributed by atoms with E-state index in [-0.39, 0.29) is 0 Å². The van der Waals surface area contributed by atoms with Crippen LogP contribution in [0.5, 0.6) is 5.75 Å². The lowest BCUT2D eigenvalue weighted by Crippen LogP contribution is -2.00. The van der Waals surface area contributed by atoms with Crippen LogP contribution in [0.2, 0.25) is 0 Å². The van der Waals surface area contributed by atoms with Crippen LogP contribution >= 0.6 is 0 Å². The molecular formula is C21H13N3O3. The summed E-state index contributed by atoms with van der Waals surface area (Å²) in [6.45, 7) is 0. The molecule has 0 saturated carbocycles. The lowest BCUT2D eigenvalue weighted by Gasteiger charge is -2.08. The molecule has 2 aromatic carbocycles. The van der Waals surface area contributed by atoms with Gasteiger partial charge in [0.15, 0.2) is 0 Å². The molecule has 0 saturated heterocycles. The second-order valence-corrected chi connectivity index (χ2v) is 6.14. The maximum Gasteiger partial charge on any atom is 0.379 e. The van der Waals surface area contributed by atoms with Crippen molar-refractivity contribution in [1.82, 2.24) is 14.4 Å². The van der Waals surface area contributed by atoms with Crippen LogP contribution < -0.4 is 5.63 Å². The summed E-state index contributed by atoms with van der Waals surface area (Å²) in [5, 5.41) is 11.0. The number of hydrogen-bond donors (Lipinski definition) is 1. The van der Waals surface area contributed by atoms with E-state index in [1.807, 2.05) is 59.3 Å². The summed E-state index contributed by atoms with van der Waals surface area (Å²) in [6, 6.07) is 16.5. The molecule has 0 aliphatic heterocycles. The lowest BCUT2D eigenvalue weighted by atomic mass is 9.99. The third kappa shape index (κ3) is 2.46. The Labute approximate surface area is 153 Å². The highest BCUT2D eigenvalue weighted by Crippen LogP contribution is 2.34. The van der Waals surface area contributed by atoms with E-state index in [2.05, 4.69) is 9.97 Å². The minimum atomic E-state index is -0.751. The number of hydrogen-bond acceptors (Lipinski definition) is 5. The molecule has 6 nitrogen and oxygen atoms in total. The Balaban J connectivity index is 1.65. The molecule has 1 N–H and O–H groups in total. The minimum absolute atomic E-state index is 0.390. The summed E-state index contributed by atoms with van der Waals surface area (Å²) in [7, 11) is 0. The predicted molar refractivity (Wildman–Crippen MR) is 102 cm³/mol. The van der Waals surface area contributed by atoms with Crippen molar-refractivity contribution in [3.63, 3.8) is 0 Å². The highest BCUT2D eigenvalue weighted by Gasteiger charge is 2.15. The second kappa shape index (κ2) is 5.81. The van der Waals surface area contributed by atoms with Gasteiger partial charge in [0.05, 0.1) is 5.69 Å². The summed E-state index contributed by atoms with van der Waals surface area (Å²) in [5.74, 6) is 0.235. The van der Waals surface area contributed by atoms with E-state index in [9.17, 15) is 9.90 Å². The van der Waals surface area contributed by atoms with Crippen molar-refractivity contribution < 1.29 is 9.52 Å². The molecule has 0 aliphatic rings. The molecule has 0 spiro atoms.